The Hall–Kier alpha value is -2.94. The van der Waals surface area contributed by atoms with Crippen LogP contribution in [0.5, 0.6) is 5.75 Å². The smallest absolute Gasteiger partial charge is 0.115 e. The van der Waals surface area contributed by atoms with E-state index in [0.717, 1.165) is 17.5 Å². The van der Waals surface area contributed by atoms with Crippen molar-refractivity contribution in [3.8, 4) is 5.75 Å². The van der Waals surface area contributed by atoms with Gasteiger partial charge in [0.15, 0.2) is 0 Å². The molecule has 0 amide bonds. The van der Waals surface area contributed by atoms with Crippen molar-refractivity contribution in [2.75, 3.05) is 0 Å². The Balaban J connectivity index is 1.99. The number of hydrogen-bond donors (Lipinski definition) is 1. The molecule has 0 bridgehead atoms. The average molecular weight is 329 g/mol. The first-order chi connectivity index (χ1) is 12.1. The van der Waals surface area contributed by atoms with E-state index in [4.69, 9.17) is 0 Å². The van der Waals surface area contributed by atoms with Crippen LogP contribution < -0.4 is 0 Å². The molecule has 0 saturated carbocycles. The Kier molecular flexibility index (Phi) is 3.65. The molecule has 0 fully saturated rings. The van der Waals surface area contributed by atoms with E-state index in [1.54, 1.807) is 24.3 Å². The molecule has 1 N–H and O–H groups in total. The van der Waals surface area contributed by atoms with Crippen molar-refractivity contribution in [2.45, 2.75) is 24.7 Å². The summed E-state index contributed by atoms with van der Waals surface area (Å²) in [5.74, 6) is 0.688. The molecule has 0 saturated heterocycles. The number of hydrogen-bond acceptors (Lipinski definition) is 3. The summed E-state index contributed by atoms with van der Waals surface area (Å²) >= 11 is 0. The standard InChI is InChI=1S/C22H19NO2/c1-15-14-22(17-8-12-19(24)13-9-17,21-5-3-2-4-20(15)21)16-6-10-18(23-25)11-7-16/h2-13,15,24H,14H2,1H3. The quantitative estimate of drug-likeness (QED) is 0.633. The Morgan fingerprint density at radius 2 is 1.52 bits per heavy atom. The molecule has 1 aliphatic carbocycles. The van der Waals surface area contributed by atoms with Gasteiger partial charge in [-0.05, 0) is 64.0 Å². The zero-order valence-corrected chi connectivity index (χ0v) is 14.0. The summed E-state index contributed by atoms with van der Waals surface area (Å²) in [6, 6.07) is 23.6. The second-order valence-electron chi connectivity index (χ2n) is 6.78. The first-order valence-electron chi connectivity index (χ1n) is 8.48. The number of phenols is 1. The van der Waals surface area contributed by atoms with Gasteiger partial charge in [-0.25, -0.2) is 0 Å². The Morgan fingerprint density at radius 1 is 0.920 bits per heavy atom. The van der Waals surface area contributed by atoms with Crippen molar-refractivity contribution >= 4 is 5.69 Å². The molecule has 0 aliphatic heterocycles. The number of fused-ring (bicyclic) bond motifs is 1. The molecule has 0 radical (unpaired) electrons. The van der Waals surface area contributed by atoms with Crippen LogP contribution in [0.3, 0.4) is 0 Å². The summed E-state index contributed by atoms with van der Waals surface area (Å²) in [7, 11) is 0. The van der Waals surface area contributed by atoms with E-state index < -0.39 is 0 Å². The summed E-state index contributed by atoms with van der Waals surface area (Å²) < 4.78 is 0. The van der Waals surface area contributed by atoms with Crippen molar-refractivity contribution in [2.24, 2.45) is 5.18 Å². The van der Waals surface area contributed by atoms with Crippen LogP contribution in [0.1, 0.15) is 41.5 Å². The number of rotatable bonds is 3. The zero-order chi connectivity index (χ0) is 17.4. The summed E-state index contributed by atoms with van der Waals surface area (Å²) in [6.45, 7) is 2.25. The maximum Gasteiger partial charge on any atom is 0.115 e. The molecule has 0 spiro atoms. The van der Waals surface area contributed by atoms with Crippen molar-refractivity contribution in [1.82, 2.24) is 0 Å². The summed E-state index contributed by atoms with van der Waals surface area (Å²) in [6.07, 6.45) is 0.949. The van der Waals surface area contributed by atoms with E-state index in [1.165, 1.54) is 11.1 Å². The SMILES string of the molecule is CC1CC(c2ccc(O)cc2)(c2ccc(N=O)cc2)c2ccccc21. The monoisotopic (exact) mass is 329 g/mol. The first kappa shape index (κ1) is 15.6. The van der Waals surface area contributed by atoms with Crippen molar-refractivity contribution < 1.29 is 5.11 Å². The Labute approximate surface area is 146 Å². The first-order valence-corrected chi connectivity index (χ1v) is 8.48. The summed E-state index contributed by atoms with van der Waals surface area (Å²) in [5.41, 5.74) is 5.08. The fraction of sp³-hybridized carbons (Fsp3) is 0.182. The van der Waals surface area contributed by atoms with E-state index in [1.807, 2.05) is 24.3 Å². The van der Waals surface area contributed by atoms with Gasteiger partial charge in [-0.1, -0.05) is 55.5 Å². The lowest BCUT2D eigenvalue weighted by Gasteiger charge is -2.32. The highest BCUT2D eigenvalue weighted by atomic mass is 16.3. The molecule has 124 valence electrons. The topological polar surface area (TPSA) is 49.7 Å². The van der Waals surface area contributed by atoms with Crippen LogP contribution in [0.25, 0.3) is 0 Å². The molecule has 3 heteroatoms. The Bertz CT molecular complexity index is 916. The van der Waals surface area contributed by atoms with Crippen LogP contribution in [-0.4, -0.2) is 5.11 Å². The molecule has 3 aromatic rings. The minimum atomic E-state index is -0.287. The van der Waals surface area contributed by atoms with Crippen LogP contribution in [0.2, 0.25) is 0 Å². The summed E-state index contributed by atoms with van der Waals surface area (Å²) in [5, 5.41) is 12.7. The predicted octanol–water partition coefficient (Wildman–Crippen LogP) is 5.63. The molecular formula is C22H19NO2. The van der Waals surface area contributed by atoms with Gasteiger partial charge in [0.05, 0.1) is 0 Å². The highest BCUT2D eigenvalue weighted by molar-refractivity contribution is 5.59. The third-order valence-corrected chi connectivity index (χ3v) is 5.39. The molecule has 2 unspecified atom stereocenters. The van der Waals surface area contributed by atoms with E-state index in [2.05, 4.69) is 36.4 Å². The molecule has 0 heterocycles. The normalized spacial score (nSPS) is 21.7. The van der Waals surface area contributed by atoms with Gasteiger partial charge in [0.25, 0.3) is 0 Å². The van der Waals surface area contributed by atoms with E-state index >= 15 is 0 Å². The van der Waals surface area contributed by atoms with Gasteiger partial charge in [0.1, 0.15) is 11.4 Å². The van der Waals surface area contributed by atoms with Crippen LogP contribution in [-0.2, 0) is 5.41 Å². The number of nitrogens with zero attached hydrogens (tertiary/aromatic N) is 1. The maximum atomic E-state index is 10.8. The third kappa shape index (κ3) is 2.35. The highest BCUT2D eigenvalue weighted by Crippen LogP contribution is 2.53. The number of nitroso groups, excluding NO2 is 1. The third-order valence-electron chi connectivity index (χ3n) is 5.39. The van der Waals surface area contributed by atoms with Crippen molar-refractivity contribution in [1.29, 1.82) is 0 Å². The fourth-order valence-corrected chi connectivity index (χ4v) is 4.26. The molecule has 1 aliphatic rings. The lowest BCUT2D eigenvalue weighted by molar-refractivity contribution is 0.474. The van der Waals surface area contributed by atoms with Gasteiger partial charge >= 0.3 is 0 Å². The molecule has 3 aromatic carbocycles. The van der Waals surface area contributed by atoms with E-state index in [-0.39, 0.29) is 11.2 Å². The van der Waals surface area contributed by atoms with Crippen LogP contribution in [0.4, 0.5) is 5.69 Å². The molecular weight excluding hydrogens is 310 g/mol. The predicted molar refractivity (Wildman–Crippen MR) is 99.4 cm³/mol. The zero-order valence-electron chi connectivity index (χ0n) is 14.0. The lowest BCUT2D eigenvalue weighted by Crippen LogP contribution is -2.26. The van der Waals surface area contributed by atoms with E-state index in [9.17, 15) is 10.0 Å². The fourth-order valence-electron chi connectivity index (χ4n) is 4.26. The van der Waals surface area contributed by atoms with Crippen LogP contribution in [0, 0.1) is 4.91 Å². The second kappa shape index (κ2) is 5.85. The largest absolute Gasteiger partial charge is 0.508 e. The minimum absolute atomic E-state index is 0.263. The number of phenolic OH excluding ortho intramolecular Hbond substituents is 1. The van der Waals surface area contributed by atoms with Gasteiger partial charge in [0, 0.05) is 5.41 Å². The number of benzene rings is 3. The number of aromatic hydroxyl groups is 1. The molecule has 2 atom stereocenters. The second-order valence-corrected chi connectivity index (χ2v) is 6.78. The van der Waals surface area contributed by atoms with Crippen LogP contribution >= 0.6 is 0 Å². The maximum absolute atomic E-state index is 10.8. The minimum Gasteiger partial charge on any atom is -0.508 e. The molecule has 25 heavy (non-hydrogen) atoms. The van der Waals surface area contributed by atoms with Gasteiger partial charge in [-0.3, -0.25) is 0 Å². The van der Waals surface area contributed by atoms with Crippen molar-refractivity contribution in [3.05, 3.63) is 100.0 Å². The van der Waals surface area contributed by atoms with Crippen LogP contribution in [0.15, 0.2) is 78.0 Å². The van der Waals surface area contributed by atoms with E-state index in [0.29, 0.717) is 11.6 Å². The lowest BCUT2D eigenvalue weighted by atomic mass is 9.70. The van der Waals surface area contributed by atoms with Gasteiger partial charge in [0.2, 0.25) is 0 Å². The molecule has 4 rings (SSSR count). The van der Waals surface area contributed by atoms with Gasteiger partial charge < -0.3 is 5.11 Å². The molecule has 0 aromatic heterocycles. The Morgan fingerprint density at radius 3 is 2.16 bits per heavy atom. The van der Waals surface area contributed by atoms with Crippen molar-refractivity contribution in [3.63, 3.8) is 0 Å². The average Bonchev–Trinajstić information content (AvgIpc) is 2.96. The summed E-state index contributed by atoms with van der Waals surface area (Å²) in [4.78, 5) is 10.8. The molecule has 3 nitrogen and oxygen atoms in total. The van der Waals surface area contributed by atoms with Gasteiger partial charge in [-0.15, -0.1) is 4.91 Å². The van der Waals surface area contributed by atoms with Gasteiger partial charge in [-0.2, -0.15) is 0 Å². The highest BCUT2D eigenvalue weighted by Gasteiger charge is 2.44.